The molecule has 0 aromatic heterocycles. The summed E-state index contributed by atoms with van der Waals surface area (Å²) < 4.78 is 10.7. The molecule has 1 rings (SSSR count). The third kappa shape index (κ3) is 5.28. The summed E-state index contributed by atoms with van der Waals surface area (Å²) in [5.74, 6) is 0.709. The van der Waals surface area contributed by atoms with Crippen LogP contribution in [-0.2, 0) is 9.47 Å². The van der Waals surface area contributed by atoms with Gasteiger partial charge in [0.2, 0.25) is 0 Å². The van der Waals surface area contributed by atoms with Gasteiger partial charge in [-0.2, -0.15) is 0 Å². The number of rotatable bonds is 8. The molecule has 3 heteroatoms. The second-order valence-electron chi connectivity index (χ2n) is 4.93. The molecule has 16 heavy (non-hydrogen) atoms. The molecule has 1 saturated heterocycles. The lowest BCUT2D eigenvalue weighted by Crippen LogP contribution is -2.34. The highest BCUT2D eigenvalue weighted by Crippen LogP contribution is 2.20. The van der Waals surface area contributed by atoms with Gasteiger partial charge in [-0.15, -0.1) is 0 Å². The molecule has 3 atom stereocenters. The summed E-state index contributed by atoms with van der Waals surface area (Å²) >= 11 is 0. The molecule has 0 amide bonds. The summed E-state index contributed by atoms with van der Waals surface area (Å²) in [5, 5.41) is 3.49. The quantitative estimate of drug-likeness (QED) is 0.647. The molecule has 1 heterocycles. The van der Waals surface area contributed by atoms with E-state index in [9.17, 15) is 0 Å². The van der Waals surface area contributed by atoms with E-state index < -0.39 is 0 Å². The van der Waals surface area contributed by atoms with E-state index in [4.69, 9.17) is 9.47 Å². The van der Waals surface area contributed by atoms with Crippen molar-refractivity contribution in [3.05, 3.63) is 0 Å². The van der Waals surface area contributed by atoms with Gasteiger partial charge in [0.15, 0.2) is 0 Å². The zero-order valence-corrected chi connectivity index (χ0v) is 11.0. The Balaban J connectivity index is 2.05. The van der Waals surface area contributed by atoms with Crippen molar-refractivity contribution < 1.29 is 9.47 Å². The van der Waals surface area contributed by atoms with E-state index in [1.807, 2.05) is 0 Å². The van der Waals surface area contributed by atoms with E-state index in [2.05, 4.69) is 19.2 Å². The van der Waals surface area contributed by atoms with Crippen molar-refractivity contribution in [3.8, 4) is 0 Å². The van der Waals surface area contributed by atoms with Crippen molar-refractivity contribution in [2.45, 2.75) is 51.7 Å². The zero-order chi connectivity index (χ0) is 11.8. The van der Waals surface area contributed by atoms with Gasteiger partial charge in [-0.3, -0.25) is 0 Å². The van der Waals surface area contributed by atoms with Gasteiger partial charge in [0.1, 0.15) is 0 Å². The molecule has 0 aromatic rings. The van der Waals surface area contributed by atoms with Crippen LogP contribution in [0.1, 0.15) is 39.5 Å². The van der Waals surface area contributed by atoms with Crippen LogP contribution in [0, 0.1) is 5.92 Å². The molecule has 0 radical (unpaired) electrons. The maximum Gasteiger partial charge on any atom is 0.0587 e. The molecule has 3 unspecified atom stereocenters. The molecule has 0 spiro atoms. The lowest BCUT2D eigenvalue weighted by Gasteiger charge is -2.22. The van der Waals surface area contributed by atoms with Crippen molar-refractivity contribution in [1.82, 2.24) is 5.32 Å². The number of ether oxygens (including phenoxy) is 2. The van der Waals surface area contributed by atoms with Crippen LogP contribution in [0.2, 0.25) is 0 Å². The smallest absolute Gasteiger partial charge is 0.0587 e. The van der Waals surface area contributed by atoms with Crippen LogP contribution in [0.3, 0.4) is 0 Å². The first-order valence-electron chi connectivity index (χ1n) is 6.58. The lowest BCUT2D eigenvalue weighted by atomic mass is 9.95. The Morgan fingerprint density at radius 3 is 2.88 bits per heavy atom. The number of hydrogen-bond donors (Lipinski definition) is 1. The van der Waals surface area contributed by atoms with Gasteiger partial charge in [0.25, 0.3) is 0 Å². The third-order valence-corrected chi connectivity index (χ3v) is 3.59. The van der Waals surface area contributed by atoms with Crippen LogP contribution in [0.4, 0.5) is 0 Å². The highest BCUT2D eigenvalue weighted by atomic mass is 16.5. The number of hydrogen-bond acceptors (Lipinski definition) is 3. The van der Waals surface area contributed by atoms with Crippen LogP contribution in [0.5, 0.6) is 0 Å². The molecule has 0 bridgehead atoms. The summed E-state index contributed by atoms with van der Waals surface area (Å²) in [4.78, 5) is 0. The highest BCUT2D eigenvalue weighted by Gasteiger charge is 2.18. The topological polar surface area (TPSA) is 30.5 Å². The monoisotopic (exact) mass is 229 g/mol. The number of methoxy groups -OCH3 is 1. The van der Waals surface area contributed by atoms with E-state index in [0.717, 1.165) is 19.8 Å². The largest absolute Gasteiger partial charge is 0.383 e. The zero-order valence-electron chi connectivity index (χ0n) is 11.0. The average molecular weight is 229 g/mol. The van der Waals surface area contributed by atoms with Gasteiger partial charge < -0.3 is 14.8 Å². The molecule has 1 N–H and O–H groups in total. The summed E-state index contributed by atoms with van der Waals surface area (Å²) in [7, 11) is 1.74. The van der Waals surface area contributed by atoms with E-state index in [1.165, 1.54) is 25.7 Å². The van der Waals surface area contributed by atoms with Gasteiger partial charge in [-0.05, 0) is 38.5 Å². The molecule has 1 aliphatic rings. The Kier molecular flexibility index (Phi) is 7.01. The fourth-order valence-electron chi connectivity index (χ4n) is 2.16. The Morgan fingerprint density at radius 1 is 1.44 bits per heavy atom. The Labute approximate surface area is 99.9 Å². The summed E-state index contributed by atoms with van der Waals surface area (Å²) in [6, 6.07) is 0.566. The third-order valence-electron chi connectivity index (χ3n) is 3.59. The minimum absolute atomic E-state index is 0.536. The standard InChI is InChI=1S/C13H27NO2/c1-11(12(2)14-8-10-15-3)6-7-13-5-4-9-16-13/h11-14H,4-10H2,1-3H3. The van der Waals surface area contributed by atoms with Gasteiger partial charge in [-0.25, -0.2) is 0 Å². The van der Waals surface area contributed by atoms with Gasteiger partial charge in [-0.1, -0.05) is 6.92 Å². The summed E-state index contributed by atoms with van der Waals surface area (Å²) in [6.07, 6.45) is 5.52. The van der Waals surface area contributed by atoms with E-state index in [-0.39, 0.29) is 0 Å². The molecule has 0 aliphatic carbocycles. The summed E-state index contributed by atoms with van der Waals surface area (Å²) in [5.41, 5.74) is 0. The molecule has 96 valence electrons. The Morgan fingerprint density at radius 2 is 2.25 bits per heavy atom. The minimum Gasteiger partial charge on any atom is -0.383 e. The second kappa shape index (κ2) is 8.04. The van der Waals surface area contributed by atoms with Crippen LogP contribution in [0.25, 0.3) is 0 Å². The Hall–Kier alpha value is -0.120. The van der Waals surface area contributed by atoms with Gasteiger partial charge >= 0.3 is 0 Å². The number of nitrogens with one attached hydrogen (secondary N) is 1. The van der Waals surface area contributed by atoms with Gasteiger partial charge in [0, 0.05) is 26.3 Å². The van der Waals surface area contributed by atoms with Crippen molar-refractivity contribution in [2.24, 2.45) is 5.92 Å². The van der Waals surface area contributed by atoms with E-state index >= 15 is 0 Å². The fourth-order valence-corrected chi connectivity index (χ4v) is 2.16. The SMILES string of the molecule is COCCNC(C)C(C)CCC1CCCO1. The first kappa shape index (κ1) is 13.9. The summed E-state index contributed by atoms with van der Waals surface area (Å²) in [6.45, 7) is 7.29. The van der Waals surface area contributed by atoms with Crippen molar-refractivity contribution in [1.29, 1.82) is 0 Å². The van der Waals surface area contributed by atoms with Gasteiger partial charge in [0.05, 0.1) is 12.7 Å². The second-order valence-corrected chi connectivity index (χ2v) is 4.93. The fraction of sp³-hybridized carbons (Fsp3) is 1.00. The minimum atomic E-state index is 0.536. The maximum absolute atomic E-state index is 5.64. The van der Waals surface area contributed by atoms with E-state index in [0.29, 0.717) is 18.1 Å². The molecule has 0 saturated carbocycles. The predicted octanol–water partition coefficient (Wildman–Crippen LogP) is 2.21. The first-order chi connectivity index (χ1) is 7.74. The molecule has 3 nitrogen and oxygen atoms in total. The normalized spacial score (nSPS) is 24.6. The van der Waals surface area contributed by atoms with Crippen LogP contribution >= 0.6 is 0 Å². The van der Waals surface area contributed by atoms with Crippen molar-refractivity contribution >= 4 is 0 Å². The lowest BCUT2D eigenvalue weighted by molar-refractivity contribution is 0.0968. The first-order valence-corrected chi connectivity index (χ1v) is 6.58. The predicted molar refractivity (Wildman–Crippen MR) is 66.7 cm³/mol. The highest BCUT2D eigenvalue weighted by molar-refractivity contribution is 4.72. The van der Waals surface area contributed by atoms with Crippen LogP contribution < -0.4 is 5.32 Å². The molecule has 1 fully saturated rings. The van der Waals surface area contributed by atoms with Crippen molar-refractivity contribution in [2.75, 3.05) is 26.9 Å². The van der Waals surface area contributed by atoms with Crippen LogP contribution in [-0.4, -0.2) is 39.0 Å². The molecular weight excluding hydrogens is 202 g/mol. The molecule has 1 aliphatic heterocycles. The maximum atomic E-state index is 5.64. The van der Waals surface area contributed by atoms with Crippen LogP contribution in [0.15, 0.2) is 0 Å². The van der Waals surface area contributed by atoms with E-state index in [1.54, 1.807) is 7.11 Å². The molecule has 0 aromatic carbocycles. The Bertz CT molecular complexity index is 169. The van der Waals surface area contributed by atoms with Crippen molar-refractivity contribution in [3.63, 3.8) is 0 Å². The average Bonchev–Trinajstić information content (AvgIpc) is 2.79. The molecular formula is C13H27NO2.